The average Bonchev–Trinajstić information content (AvgIpc) is 2.55. The van der Waals surface area contributed by atoms with E-state index in [2.05, 4.69) is 19.2 Å². The van der Waals surface area contributed by atoms with E-state index in [1.807, 2.05) is 49.4 Å². The fraction of sp³-hybridized carbons (Fsp3) is 0.350. The number of benzene rings is 2. The Morgan fingerprint density at radius 1 is 1.08 bits per heavy atom. The summed E-state index contributed by atoms with van der Waals surface area (Å²) < 4.78 is 11.3. The molecule has 128 valence electrons. The van der Waals surface area contributed by atoms with Gasteiger partial charge in [-0.05, 0) is 43.5 Å². The quantitative estimate of drug-likeness (QED) is 0.807. The first-order valence-corrected chi connectivity index (χ1v) is 8.30. The molecule has 0 aliphatic carbocycles. The maximum Gasteiger partial charge on any atom is 0.265 e. The van der Waals surface area contributed by atoms with Crippen molar-refractivity contribution in [2.75, 3.05) is 11.9 Å². The van der Waals surface area contributed by atoms with Crippen molar-refractivity contribution in [3.63, 3.8) is 0 Å². The number of hydrogen-bond acceptors (Lipinski definition) is 3. The third kappa shape index (κ3) is 4.75. The van der Waals surface area contributed by atoms with E-state index in [1.165, 1.54) is 0 Å². The fourth-order valence-corrected chi connectivity index (χ4v) is 2.38. The van der Waals surface area contributed by atoms with Crippen LogP contribution >= 0.6 is 0 Å². The normalized spacial score (nSPS) is 11.9. The van der Waals surface area contributed by atoms with Crippen LogP contribution in [0.5, 0.6) is 11.5 Å². The van der Waals surface area contributed by atoms with E-state index < -0.39 is 6.10 Å². The largest absolute Gasteiger partial charge is 0.494 e. The minimum Gasteiger partial charge on any atom is -0.494 e. The van der Waals surface area contributed by atoms with Crippen molar-refractivity contribution in [1.82, 2.24) is 0 Å². The van der Waals surface area contributed by atoms with E-state index in [4.69, 9.17) is 9.47 Å². The molecule has 1 N–H and O–H groups in total. The van der Waals surface area contributed by atoms with Crippen molar-refractivity contribution in [2.24, 2.45) is 0 Å². The van der Waals surface area contributed by atoms with Gasteiger partial charge in [0.2, 0.25) is 0 Å². The summed E-state index contributed by atoms with van der Waals surface area (Å²) in [5.41, 5.74) is 1.79. The maximum absolute atomic E-state index is 12.4. The van der Waals surface area contributed by atoms with Crippen molar-refractivity contribution < 1.29 is 14.3 Å². The average molecular weight is 327 g/mol. The summed E-state index contributed by atoms with van der Waals surface area (Å²) >= 11 is 0. The van der Waals surface area contributed by atoms with Crippen molar-refractivity contribution in [3.05, 3.63) is 54.1 Å². The van der Waals surface area contributed by atoms with E-state index in [1.54, 1.807) is 13.0 Å². The van der Waals surface area contributed by atoms with Gasteiger partial charge < -0.3 is 14.8 Å². The first kappa shape index (κ1) is 17.9. The molecule has 0 saturated carbocycles. The lowest BCUT2D eigenvalue weighted by Gasteiger charge is -2.19. The summed E-state index contributed by atoms with van der Waals surface area (Å²) in [6.45, 7) is 8.47. The number of carbonyl (C=O) groups excluding carboxylic acids is 1. The molecule has 24 heavy (non-hydrogen) atoms. The third-order valence-corrected chi connectivity index (χ3v) is 3.63. The van der Waals surface area contributed by atoms with Crippen LogP contribution in [0.15, 0.2) is 48.5 Å². The summed E-state index contributed by atoms with van der Waals surface area (Å²) in [6, 6.07) is 15.2. The number of amides is 1. The summed E-state index contributed by atoms with van der Waals surface area (Å²) in [7, 11) is 0. The van der Waals surface area contributed by atoms with Crippen LogP contribution in [-0.4, -0.2) is 18.6 Å². The summed E-state index contributed by atoms with van der Waals surface area (Å²) in [6.07, 6.45) is -0.597. The number of carbonyl (C=O) groups is 1. The SMILES string of the molecule is CCOc1cccc(NC(=O)[C@H](C)Oc2ccccc2C(C)C)c1. The van der Waals surface area contributed by atoms with Gasteiger partial charge >= 0.3 is 0 Å². The molecular weight excluding hydrogens is 302 g/mol. The highest BCUT2D eigenvalue weighted by Crippen LogP contribution is 2.27. The second-order valence-electron chi connectivity index (χ2n) is 5.90. The van der Waals surface area contributed by atoms with Crippen LogP contribution in [0.2, 0.25) is 0 Å². The molecule has 0 aromatic heterocycles. The minimum atomic E-state index is -0.597. The van der Waals surface area contributed by atoms with E-state index >= 15 is 0 Å². The Kier molecular flexibility index (Phi) is 6.24. The second-order valence-corrected chi connectivity index (χ2v) is 5.90. The van der Waals surface area contributed by atoms with Crippen LogP contribution in [0, 0.1) is 0 Å². The molecule has 0 saturated heterocycles. The molecule has 0 fully saturated rings. The molecule has 0 spiro atoms. The molecule has 2 aromatic rings. The van der Waals surface area contributed by atoms with E-state index in [0.29, 0.717) is 18.2 Å². The van der Waals surface area contributed by atoms with Gasteiger partial charge in [0.1, 0.15) is 11.5 Å². The number of ether oxygens (including phenoxy) is 2. The molecule has 1 atom stereocenters. The fourth-order valence-electron chi connectivity index (χ4n) is 2.38. The molecule has 2 rings (SSSR count). The molecule has 1 amide bonds. The smallest absolute Gasteiger partial charge is 0.265 e. The van der Waals surface area contributed by atoms with Gasteiger partial charge in [0.25, 0.3) is 5.91 Å². The van der Waals surface area contributed by atoms with E-state index in [-0.39, 0.29) is 5.91 Å². The number of hydrogen-bond donors (Lipinski definition) is 1. The summed E-state index contributed by atoms with van der Waals surface area (Å²) in [4.78, 5) is 12.4. The molecule has 0 radical (unpaired) electrons. The van der Waals surface area contributed by atoms with Gasteiger partial charge in [0, 0.05) is 11.8 Å². The molecule has 2 aromatic carbocycles. The van der Waals surface area contributed by atoms with Crippen LogP contribution < -0.4 is 14.8 Å². The zero-order valence-corrected chi connectivity index (χ0v) is 14.7. The van der Waals surface area contributed by atoms with Crippen LogP contribution in [-0.2, 0) is 4.79 Å². The van der Waals surface area contributed by atoms with Gasteiger partial charge in [-0.2, -0.15) is 0 Å². The van der Waals surface area contributed by atoms with Crippen molar-refractivity contribution in [3.8, 4) is 11.5 Å². The summed E-state index contributed by atoms with van der Waals surface area (Å²) in [5.74, 6) is 1.62. The maximum atomic E-state index is 12.4. The van der Waals surface area contributed by atoms with Crippen LogP contribution in [0.25, 0.3) is 0 Å². The topological polar surface area (TPSA) is 47.6 Å². The monoisotopic (exact) mass is 327 g/mol. The van der Waals surface area contributed by atoms with Crippen molar-refractivity contribution in [1.29, 1.82) is 0 Å². The molecule has 0 aliphatic heterocycles. The van der Waals surface area contributed by atoms with Crippen LogP contribution in [0.3, 0.4) is 0 Å². The lowest BCUT2D eigenvalue weighted by atomic mass is 10.0. The molecule has 0 bridgehead atoms. The molecule has 4 nitrogen and oxygen atoms in total. The van der Waals surface area contributed by atoms with Gasteiger partial charge in [0.05, 0.1) is 6.61 Å². The Hall–Kier alpha value is -2.49. The molecule has 0 unspecified atom stereocenters. The van der Waals surface area contributed by atoms with Crippen molar-refractivity contribution >= 4 is 11.6 Å². The van der Waals surface area contributed by atoms with E-state index in [0.717, 1.165) is 17.1 Å². The Bertz CT molecular complexity index is 682. The highest BCUT2D eigenvalue weighted by Gasteiger charge is 2.17. The van der Waals surface area contributed by atoms with E-state index in [9.17, 15) is 4.79 Å². The molecule has 4 heteroatoms. The highest BCUT2D eigenvalue weighted by molar-refractivity contribution is 5.94. The zero-order valence-electron chi connectivity index (χ0n) is 14.7. The van der Waals surface area contributed by atoms with Crippen LogP contribution in [0.4, 0.5) is 5.69 Å². The zero-order chi connectivity index (χ0) is 17.5. The van der Waals surface area contributed by atoms with Gasteiger partial charge in [0.15, 0.2) is 6.10 Å². The minimum absolute atomic E-state index is 0.192. The van der Waals surface area contributed by atoms with Gasteiger partial charge in [-0.1, -0.05) is 38.1 Å². The molecule has 0 aliphatic rings. The van der Waals surface area contributed by atoms with Crippen LogP contribution in [0.1, 0.15) is 39.2 Å². The Morgan fingerprint density at radius 3 is 2.54 bits per heavy atom. The predicted molar refractivity (Wildman–Crippen MR) is 96.9 cm³/mol. The Balaban J connectivity index is 2.04. The van der Waals surface area contributed by atoms with Crippen molar-refractivity contribution in [2.45, 2.75) is 39.7 Å². The third-order valence-electron chi connectivity index (χ3n) is 3.63. The first-order chi connectivity index (χ1) is 11.5. The van der Waals surface area contributed by atoms with Gasteiger partial charge in [-0.25, -0.2) is 0 Å². The number of para-hydroxylation sites is 1. The number of nitrogens with one attached hydrogen (secondary N) is 1. The Labute approximate surface area is 143 Å². The lowest BCUT2D eigenvalue weighted by Crippen LogP contribution is -2.30. The Morgan fingerprint density at radius 2 is 1.83 bits per heavy atom. The highest BCUT2D eigenvalue weighted by atomic mass is 16.5. The number of rotatable bonds is 7. The second kappa shape index (κ2) is 8.39. The van der Waals surface area contributed by atoms with Gasteiger partial charge in [-0.15, -0.1) is 0 Å². The molecule has 0 heterocycles. The van der Waals surface area contributed by atoms with Gasteiger partial charge in [-0.3, -0.25) is 4.79 Å². The standard InChI is InChI=1S/C20H25NO3/c1-5-23-17-10-8-9-16(13-17)21-20(22)15(4)24-19-12-7-6-11-18(19)14(2)3/h6-15H,5H2,1-4H3,(H,21,22)/t15-/m0/s1. The number of anilines is 1. The first-order valence-electron chi connectivity index (χ1n) is 8.30. The molecular formula is C20H25NO3. The predicted octanol–water partition coefficient (Wildman–Crippen LogP) is 4.61. The summed E-state index contributed by atoms with van der Waals surface area (Å²) in [5, 5.41) is 2.87. The lowest BCUT2D eigenvalue weighted by molar-refractivity contribution is -0.122.